The Labute approximate surface area is 187 Å². The average molecular weight is 439 g/mol. The zero-order chi connectivity index (χ0) is 22.6. The van der Waals surface area contributed by atoms with Gasteiger partial charge in [-0.2, -0.15) is 0 Å². The summed E-state index contributed by atoms with van der Waals surface area (Å²) in [5.74, 6) is 0.379. The standard InChI is InChI=1S/C23H17N7O3/c31-19(29-22-25-12-13-26-22)15-8-4-10-17-18(15)28-23(27-17)30-20(32)16-9-5-11-24-21(16)33-14-6-2-1-3-7-14/h1-13H,(H2,25,26,29,31)(H2,27,28,30,32). The average Bonchev–Trinajstić information content (AvgIpc) is 3.49. The fourth-order valence-electron chi connectivity index (χ4n) is 3.20. The second kappa shape index (κ2) is 8.63. The SMILES string of the molecule is O=C(Nc1nc2c(C(=O)Nc3ncc[nH]3)cccc2[nH]1)c1cccnc1Oc1ccccc1. The van der Waals surface area contributed by atoms with Crippen LogP contribution in [0.4, 0.5) is 11.9 Å². The summed E-state index contributed by atoms with van der Waals surface area (Å²) in [6.07, 6.45) is 4.68. The molecule has 10 heteroatoms. The van der Waals surface area contributed by atoms with Crippen LogP contribution in [0.2, 0.25) is 0 Å². The molecule has 0 aliphatic rings. The minimum atomic E-state index is -0.463. The molecule has 4 N–H and O–H groups in total. The number of ether oxygens (including phenoxy) is 1. The van der Waals surface area contributed by atoms with Gasteiger partial charge in [0.15, 0.2) is 0 Å². The Morgan fingerprint density at radius 2 is 1.58 bits per heavy atom. The van der Waals surface area contributed by atoms with Crippen molar-refractivity contribution in [1.29, 1.82) is 0 Å². The zero-order valence-electron chi connectivity index (χ0n) is 17.1. The molecule has 33 heavy (non-hydrogen) atoms. The van der Waals surface area contributed by atoms with Crippen molar-refractivity contribution >= 4 is 34.7 Å². The highest BCUT2D eigenvalue weighted by Crippen LogP contribution is 2.24. The lowest BCUT2D eigenvalue weighted by atomic mass is 10.2. The first kappa shape index (κ1) is 19.9. The maximum atomic E-state index is 12.9. The quantitative estimate of drug-likeness (QED) is 0.316. The van der Waals surface area contributed by atoms with Crippen LogP contribution in [-0.4, -0.2) is 36.7 Å². The van der Waals surface area contributed by atoms with Crippen LogP contribution in [0.15, 0.2) is 79.3 Å². The predicted octanol–water partition coefficient (Wildman–Crippen LogP) is 3.98. The van der Waals surface area contributed by atoms with Crippen LogP contribution < -0.4 is 15.4 Å². The number of aromatic nitrogens is 5. The van der Waals surface area contributed by atoms with Crippen LogP contribution in [0.5, 0.6) is 11.6 Å². The highest BCUT2D eigenvalue weighted by Gasteiger charge is 2.18. The lowest BCUT2D eigenvalue weighted by molar-refractivity contribution is 0.101. The number of carbonyl (C=O) groups is 2. The Morgan fingerprint density at radius 3 is 2.39 bits per heavy atom. The molecular formula is C23H17N7O3. The molecule has 0 fully saturated rings. The molecule has 3 heterocycles. The van der Waals surface area contributed by atoms with E-state index in [1.165, 1.54) is 6.20 Å². The fourth-order valence-corrected chi connectivity index (χ4v) is 3.20. The van der Waals surface area contributed by atoms with Crippen molar-refractivity contribution in [1.82, 2.24) is 24.9 Å². The predicted molar refractivity (Wildman–Crippen MR) is 121 cm³/mol. The number of aromatic amines is 2. The highest BCUT2D eigenvalue weighted by atomic mass is 16.5. The monoisotopic (exact) mass is 439 g/mol. The summed E-state index contributed by atoms with van der Waals surface area (Å²) in [7, 11) is 0. The number of hydrogen-bond donors (Lipinski definition) is 4. The first-order valence-electron chi connectivity index (χ1n) is 9.96. The number of benzene rings is 2. The summed E-state index contributed by atoms with van der Waals surface area (Å²) in [6, 6.07) is 17.4. The summed E-state index contributed by atoms with van der Waals surface area (Å²) >= 11 is 0. The molecule has 3 aromatic heterocycles. The van der Waals surface area contributed by atoms with Crippen molar-refractivity contribution in [2.75, 3.05) is 10.6 Å². The molecule has 0 atom stereocenters. The smallest absolute Gasteiger partial charge is 0.263 e. The number of amides is 2. The Balaban J connectivity index is 1.39. The lowest BCUT2D eigenvalue weighted by Gasteiger charge is -2.09. The number of hydrogen-bond acceptors (Lipinski definition) is 6. The zero-order valence-corrected chi connectivity index (χ0v) is 17.1. The van der Waals surface area contributed by atoms with E-state index >= 15 is 0 Å². The molecule has 2 amide bonds. The van der Waals surface area contributed by atoms with Crippen molar-refractivity contribution in [3.8, 4) is 11.6 Å². The molecule has 0 unspecified atom stereocenters. The van der Waals surface area contributed by atoms with Gasteiger partial charge in [0.05, 0.1) is 11.1 Å². The minimum absolute atomic E-state index is 0.163. The molecule has 0 aliphatic carbocycles. The first-order valence-corrected chi connectivity index (χ1v) is 9.96. The van der Waals surface area contributed by atoms with Gasteiger partial charge >= 0.3 is 0 Å². The van der Waals surface area contributed by atoms with Gasteiger partial charge in [-0.05, 0) is 36.4 Å². The maximum absolute atomic E-state index is 12.9. The topological polar surface area (TPSA) is 138 Å². The lowest BCUT2D eigenvalue weighted by Crippen LogP contribution is -2.15. The molecule has 0 saturated heterocycles. The second-order valence-electron chi connectivity index (χ2n) is 6.90. The number of imidazole rings is 2. The normalized spacial score (nSPS) is 10.7. The molecule has 5 aromatic rings. The van der Waals surface area contributed by atoms with Crippen molar-refractivity contribution in [2.24, 2.45) is 0 Å². The summed E-state index contributed by atoms with van der Waals surface area (Å²) < 4.78 is 5.76. The van der Waals surface area contributed by atoms with Crippen LogP contribution in [-0.2, 0) is 0 Å². The third kappa shape index (κ3) is 4.26. The fraction of sp³-hybridized carbons (Fsp3) is 0. The minimum Gasteiger partial charge on any atom is -0.438 e. The van der Waals surface area contributed by atoms with E-state index in [2.05, 4.69) is 35.6 Å². The third-order valence-electron chi connectivity index (χ3n) is 4.69. The number of H-pyrrole nitrogens is 2. The van der Waals surface area contributed by atoms with Gasteiger partial charge < -0.3 is 14.7 Å². The molecule has 0 spiro atoms. The molecule has 10 nitrogen and oxygen atoms in total. The van der Waals surface area contributed by atoms with Gasteiger partial charge in [0.1, 0.15) is 16.8 Å². The van der Waals surface area contributed by atoms with Crippen molar-refractivity contribution in [2.45, 2.75) is 0 Å². The van der Waals surface area contributed by atoms with Gasteiger partial charge in [-0.3, -0.25) is 20.2 Å². The number of nitrogens with zero attached hydrogens (tertiary/aromatic N) is 3. The Hall–Kier alpha value is -4.99. The second-order valence-corrected chi connectivity index (χ2v) is 6.90. The van der Waals surface area contributed by atoms with Crippen molar-refractivity contribution in [3.63, 3.8) is 0 Å². The van der Waals surface area contributed by atoms with Crippen molar-refractivity contribution in [3.05, 3.63) is 90.4 Å². The summed E-state index contributed by atoms with van der Waals surface area (Å²) in [6.45, 7) is 0. The number of fused-ring (bicyclic) bond motifs is 1. The number of carbonyl (C=O) groups excluding carboxylic acids is 2. The van der Waals surface area contributed by atoms with Crippen LogP contribution in [0, 0.1) is 0 Å². The summed E-state index contributed by atoms with van der Waals surface area (Å²) in [4.78, 5) is 44.0. The number of nitrogens with one attached hydrogen (secondary N) is 4. The van der Waals surface area contributed by atoms with E-state index in [0.717, 1.165) is 0 Å². The van der Waals surface area contributed by atoms with Gasteiger partial charge in [0, 0.05) is 18.6 Å². The largest absolute Gasteiger partial charge is 0.438 e. The van der Waals surface area contributed by atoms with Gasteiger partial charge in [0.25, 0.3) is 11.8 Å². The molecule has 162 valence electrons. The molecule has 2 aromatic carbocycles. The Morgan fingerprint density at radius 1 is 0.788 bits per heavy atom. The van der Waals surface area contributed by atoms with Crippen LogP contribution >= 0.6 is 0 Å². The van der Waals surface area contributed by atoms with E-state index in [0.29, 0.717) is 28.3 Å². The third-order valence-corrected chi connectivity index (χ3v) is 4.69. The van der Waals surface area contributed by atoms with E-state index in [-0.39, 0.29) is 23.3 Å². The van der Waals surface area contributed by atoms with E-state index < -0.39 is 5.91 Å². The maximum Gasteiger partial charge on any atom is 0.263 e. The molecule has 0 bridgehead atoms. The number of anilines is 2. The highest BCUT2D eigenvalue weighted by molar-refractivity contribution is 6.12. The molecule has 0 saturated carbocycles. The Kier molecular flexibility index (Phi) is 5.22. The van der Waals surface area contributed by atoms with Crippen LogP contribution in [0.1, 0.15) is 20.7 Å². The number of rotatable bonds is 6. The molecular weight excluding hydrogens is 422 g/mol. The van der Waals surface area contributed by atoms with E-state index in [4.69, 9.17) is 4.74 Å². The first-order chi connectivity index (χ1) is 16.2. The van der Waals surface area contributed by atoms with Gasteiger partial charge in [-0.25, -0.2) is 15.0 Å². The summed E-state index contributed by atoms with van der Waals surface area (Å²) in [5.41, 5.74) is 1.56. The van der Waals surface area contributed by atoms with Gasteiger partial charge in [-0.15, -0.1) is 0 Å². The molecule has 5 rings (SSSR count). The Bertz CT molecular complexity index is 1430. The van der Waals surface area contributed by atoms with Crippen LogP contribution in [0.25, 0.3) is 11.0 Å². The van der Waals surface area contributed by atoms with Crippen LogP contribution in [0.3, 0.4) is 0 Å². The molecule has 0 radical (unpaired) electrons. The van der Waals surface area contributed by atoms with E-state index in [1.807, 2.05) is 18.2 Å². The number of para-hydroxylation sites is 2. The van der Waals surface area contributed by atoms with E-state index in [9.17, 15) is 9.59 Å². The molecule has 0 aliphatic heterocycles. The summed E-state index contributed by atoms with van der Waals surface area (Å²) in [5, 5.41) is 5.37. The number of pyridine rings is 1. The van der Waals surface area contributed by atoms with Gasteiger partial charge in [-0.1, -0.05) is 24.3 Å². The van der Waals surface area contributed by atoms with Gasteiger partial charge in [0.2, 0.25) is 17.8 Å². The van der Waals surface area contributed by atoms with Crippen molar-refractivity contribution < 1.29 is 14.3 Å². The van der Waals surface area contributed by atoms with E-state index in [1.54, 1.807) is 54.9 Å².